The molecule has 0 unspecified atom stereocenters. The van der Waals surface area contributed by atoms with Gasteiger partial charge in [0.25, 0.3) is 0 Å². The summed E-state index contributed by atoms with van der Waals surface area (Å²) in [4.78, 5) is 17.5. The Kier molecular flexibility index (Phi) is 6.30. The van der Waals surface area contributed by atoms with Crippen LogP contribution in [0.25, 0.3) is 0 Å². The normalized spacial score (nSPS) is 16.2. The van der Waals surface area contributed by atoms with Crippen molar-refractivity contribution in [2.45, 2.75) is 25.5 Å². The quantitative estimate of drug-likeness (QED) is 0.679. The summed E-state index contributed by atoms with van der Waals surface area (Å²) in [7, 11) is 0. The first kappa shape index (κ1) is 19.3. The van der Waals surface area contributed by atoms with Crippen LogP contribution in [0.2, 0.25) is 20.1 Å². The maximum atomic E-state index is 12.1. The van der Waals surface area contributed by atoms with Gasteiger partial charge in [-0.15, -0.1) is 0 Å². The molecule has 2 aromatic carbocycles. The molecule has 1 heterocycles. The molecule has 0 aromatic heterocycles. The van der Waals surface area contributed by atoms with Gasteiger partial charge in [-0.1, -0.05) is 63.7 Å². The average Bonchev–Trinajstić information content (AvgIpc) is 3.04. The zero-order chi connectivity index (χ0) is 18.7. The van der Waals surface area contributed by atoms with E-state index >= 15 is 0 Å². The van der Waals surface area contributed by atoms with Gasteiger partial charge in [-0.25, -0.2) is 0 Å². The molecule has 0 fully saturated rings. The van der Waals surface area contributed by atoms with Crippen LogP contribution in [0, 0.1) is 0 Å². The van der Waals surface area contributed by atoms with E-state index in [0.717, 1.165) is 11.1 Å². The number of hydrogen-bond donors (Lipinski definition) is 1. The lowest BCUT2D eigenvalue weighted by Crippen LogP contribution is -2.27. The Bertz CT molecular complexity index is 870. The van der Waals surface area contributed by atoms with Gasteiger partial charge in [0.15, 0.2) is 0 Å². The van der Waals surface area contributed by atoms with Crippen molar-refractivity contribution in [2.24, 2.45) is 5.16 Å². The van der Waals surface area contributed by atoms with E-state index in [1.54, 1.807) is 30.3 Å². The Morgan fingerprint density at radius 2 is 1.88 bits per heavy atom. The summed E-state index contributed by atoms with van der Waals surface area (Å²) in [5.74, 6) is -0.139. The Labute approximate surface area is 171 Å². The molecule has 1 aliphatic rings. The van der Waals surface area contributed by atoms with E-state index < -0.39 is 0 Å². The number of benzene rings is 2. The molecule has 0 bridgehead atoms. The number of nitrogens with one attached hydrogen (secondary N) is 1. The Morgan fingerprint density at radius 3 is 2.62 bits per heavy atom. The molecule has 3 rings (SSSR count). The van der Waals surface area contributed by atoms with Crippen LogP contribution in [0.15, 0.2) is 41.6 Å². The van der Waals surface area contributed by atoms with Gasteiger partial charge in [-0.3, -0.25) is 4.79 Å². The topological polar surface area (TPSA) is 50.7 Å². The molecule has 0 saturated heterocycles. The molecule has 1 aliphatic heterocycles. The summed E-state index contributed by atoms with van der Waals surface area (Å²) in [5, 5.41) is 8.87. The van der Waals surface area contributed by atoms with Gasteiger partial charge in [0.2, 0.25) is 5.91 Å². The van der Waals surface area contributed by atoms with Crippen LogP contribution in [0.3, 0.4) is 0 Å². The fraction of sp³-hybridized carbons (Fsp3) is 0.222. The molecule has 26 heavy (non-hydrogen) atoms. The highest BCUT2D eigenvalue weighted by Gasteiger charge is 2.25. The molecule has 1 atom stereocenters. The molecule has 136 valence electrons. The second-order valence-electron chi connectivity index (χ2n) is 5.82. The predicted molar refractivity (Wildman–Crippen MR) is 105 cm³/mol. The van der Waals surface area contributed by atoms with Gasteiger partial charge in [-0.05, 0) is 29.8 Å². The molecule has 0 aliphatic carbocycles. The van der Waals surface area contributed by atoms with Gasteiger partial charge in [0, 0.05) is 23.6 Å². The van der Waals surface area contributed by atoms with Gasteiger partial charge in [0.1, 0.15) is 6.10 Å². The highest BCUT2D eigenvalue weighted by atomic mass is 35.5. The van der Waals surface area contributed by atoms with Crippen LogP contribution in [0.1, 0.15) is 24.0 Å². The summed E-state index contributed by atoms with van der Waals surface area (Å²) in [6, 6.07) is 10.4. The molecular formula is C18H14Cl4N2O2. The number of oxime groups is 1. The van der Waals surface area contributed by atoms with Crippen LogP contribution >= 0.6 is 46.4 Å². The maximum Gasteiger partial charge on any atom is 0.224 e. The summed E-state index contributed by atoms with van der Waals surface area (Å²) >= 11 is 23.9. The Hall–Kier alpha value is -1.46. The Balaban J connectivity index is 1.51. The second-order valence-corrected chi connectivity index (χ2v) is 7.48. The minimum absolute atomic E-state index is 0.139. The molecule has 8 heteroatoms. The predicted octanol–water partition coefficient (Wildman–Crippen LogP) is 5.50. The summed E-state index contributed by atoms with van der Waals surface area (Å²) in [6.45, 7) is 0.360. The number of rotatable bonds is 5. The second kappa shape index (κ2) is 8.49. The van der Waals surface area contributed by atoms with Crippen molar-refractivity contribution in [3.63, 3.8) is 0 Å². The van der Waals surface area contributed by atoms with Crippen molar-refractivity contribution in [1.82, 2.24) is 5.32 Å². The zero-order valence-corrected chi connectivity index (χ0v) is 16.5. The number of carbonyl (C=O) groups excluding carboxylic acids is 1. The summed E-state index contributed by atoms with van der Waals surface area (Å²) in [5.41, 5.74) is 2.33. The van der Waals surface area contributed by atoms with E-state index in [9.17, 15) is 4.79 Å². The third-order valence-corrected chi connectivity index (χ3v) is 5.15. The van der Waals surface area contributed by atoms with E-state index in [1.807, 2.05) is 6.07 Å². The van der Waals surface area contributed by atoms with Crippen LogP contribution in [0.5, 0.6) is 0 Å². The van der Waals surface area contributed by atoms with Crippen molar-refractivity contribution >= 4 is 58.0 Å². The van der Waals surface area contributed by atoms with Crippen molar-refractivity contribution in [2.75, 3.05) is 0 Å². The molecular weight excluding hydrogens is 418 g/mol. The van der Waals surface area contributed by atoms with Gasteiger partial charge in [0.05, 0.1) is 27.2 Å². The highest BCUT2D eigenvalue weighted by Crippen LogP contribution is 2.27. The first-order valence-corrected chi connectivity index (χ1v) is 9.32. The number of carbonyl (C=O) groups is 1. The van der Waals surface area contributed by atoms with E-state index in [0.29, 0.717) is 38.8 Å². The van der Waals surface area contributed by atoms with Crippen molar-refractivity contribution in [3.05, 3.63) is 67.6 Å². The smallest absolute Gasteiger partial charge is 0.224 e. The van der Waals surface area contributed by atoms with Gasteiger partial charge >= 0.3 is 0 Å². The van der Waals surface area contributed by atoms with E-state index in [-0.39, 0.29) is 18.4 Å². The summed E-state index contributed by atoms with van der Waals surface area (Å²) in [6.07, 6.45) is 0.367. The standard InChI is InChI=1S/C18H14Cl4N2O2/c19-11-2-3-13(15(21)6-11)17-7-12(26-24-17)8-18(25)23-9-10-1-4-14(20)16(22)5-10/h1-6,12H,7-9H2,(H,23,25)/t12-/m0/s1. The summed E-state index contributed by atoms with van der Waals surface area (Å²) < 4.78 is 0. The monoisotopic (exact) mass is 430 g/mol. The lowest BCUT2D eigenvalue weighted by Gasteiger charge is -2.10. The highest BCUT2D eigenvalue weighted by molar-refractivity contribution is 6.42. The number of nitrogens with zero attached hydrogens (tertiary/aromatic N) is 1. The third-order valence-electron chi connectivity index (χ3n) is 3.86. The van der Waals surface area contributed by atoms with Crippen molar-refractivity contribution in [3.8, 4) is 0 Å². The van der Waals surface area contributed by atoms with E-state index in [2.05, 4.69) is 10.5 Å². The molecule has 4 nitrogen and oxygen atoms in total. The first-order valence-electron chi connectivity index (χ1n) is 7.81. The van der Waals surface area contributed by atoms with Gasteiger partial charge in [-0.2, -0.15) is 0 Å². The van der Waals surface area contributed by atoms with Crippen LogP contribution in [0.4, 0.5) is 0 Å². The zero-order valence-electron chi connectivity index (χ0n) is 13.4. The minimum Gasteiger partial charge on any atom is -0.391 e. The molecule has 0 radical (unpaired) electrons. The molecule has 2 aromatic rings. The number of halogens is 4. The fourth-order valence-corrected chi connectivity index (χ4v) is 3.39. The average molecular weight is 432 g/mol. The Morgan fingerprint density at radius 1 is 1.08 bits per heavy atom. The fourth-order valence-electron chi connectivity index (χ4n) is 2.55. The minimum atomic E-state index is -0.328. The van der Waals surface area contributed by atoms with Crippen molar-refractivity contribution in [1.29, 1.82) is 0 Å². The van der Waals surface area contributed by atoms with Gasteiger partial charge < -0.3 is 10.2 Å². The first-order chi connectivity index (χ1) is 12.4. The third kappa shape index (κ3) is 4.83. The molecule has 0 spiro atoms. The van der Waals surface area contributed by atoms with Crippen molar-refractivity contribution < 1.29 is 9.63 Å². The van der Waals surface area contributed by atoms with E-state index in [4.69, 9.17) is 51.2 Å². The molecule has 0 saturated carbocycles. The lowest BCUT2D eigenvalue weighted by molar-refractivity contribution is -0.123. The van der Waals surface area contributed by atoms with Crippen LogP contribution < -0.4 is 5.32 Å². The van der Waals surface area contributed by atoms with Crippen LogP contribution in [-0.4, -0.2) is 17.7 Å². The lowest BCUT2D eigenvalue weighted by atomic mass is 10.0. The SMILES string of the molecule is O=C(C[C@@H]1CC(c2ccc(Cl)cc2Cl)=NO1)NCc1ccc(Cl)c(Cl)c1. The largest absolute Gasteiger partial charge is 0.391 e. The van der Waals surface area contributed by atoms with E-state index in [1.165, 1.54) is 0 Å². The number of amides is 1. The number of hydrogen-bond acceptors (Lipinski definition) is 3. The maximum absolute atomic E-state index is 12.1. The molecule has 1 amide bonds. The molecule has 1 N–H and O–H groups in total. The van der Waals surface area contributed by atoms with Crippen LogP contribution in [-0.2, 0) is 16.2 Å².